The molecule has 0 spiro atoms. The summed E-state index contributed by atoms with van der Waals surface area (Å²) in [5, 5.41) is 0. The van der Waals surface area contributed by atoms with E-state index in [9.17, 15) is 0 Å². The zero-order valence-electron chi connectivity index (χ0n) is 12.0. The van der Waals surface area contributed by atoms with Crippen LogP contribution in [0.2, 0.25) is 0 Å². The molecule has 1 fully saturated rings. The molecule has 1 aliphatic rings. The van der Waals surface area contributed by atoms with E-state index in [1.807, 2.05) is 12.1 Å². The van der Waals surface area contributed by atoms with Gasteiger partial charge in [-0.25, -0.2) is 0 Å². The predicted molar refractivity (Wildman–Crippen MR) is 84.3 cm³/mol. The molecule has 0 bridgehead atoms. The average molecular weight is 266 g/mol. The number of nitrogens with zero attached hydrogens (tertiary/aromatic N) is 1. The molecular formula is C18H22N2. The van der Waals surface area contributed by atoms with Gasteiger partial charge in [-0.15, -0.1) is 0 Å². The first-order chi connectivity index (χ1) is 9.72. The van der Waals surface area contributed by atoms with Crippen molar-refractivity contribution in [2.45, 2.75) is 38.9 Å². The molecule has 0 amide bonds. The Morgan fingerprint density at radius 3 is 2.55 bits per heavy atom. The molecule has 1 aliphatic carbocycles. The van der Waals surface area contributed by atoms with Crippen LogP contribution < -0.4 is 5.73 Å². The van der Waals surface area contributed by atoms with Crippen LogP contribution in [0.4, 0.5) is 5.69 Å². The van der Waals surface area contributed by atoms with E-state index in [2.05, 4.69) is 48.2 Å². The van der Waals surface area contributed by atoms with E-state index in [1.54, 1.807) is 0 Å². The lowest BCUT2D eigenvalue weighted by molar-refractivity contribution is 0.245. The second-order valence-corrected chi connectivity index (χ2v) is 5.81. The summed E-state index contributed by atoms with van der Waals surface area (Å²) in [5.74, 6) is 0. The lowest BCUT2D eigenvalue weighted by Gasteiger charge is -2.23. The van der Waals surface area contributed by atoms with E-state index in [1.165, 1.54) is 29.5 Å². The van der Waals surface area contributed by atoms with Gasteiger partial charge in [-0.3, -0.25) is 4.90 Å². The van der Waals surface area contributed by atoms with Crippen molar-refractivity contribution in [3.05, 3.63) is 65.2 Å². The zero-order chi connectivity index (χ0) is 13.9. The molecule has 0 heterocycles. The molecule has 0 aliphatic heterocycles. The first kappa shape index (κ1) is 13.2. The number of nitrogens with two attached hydrogens (primary N) is 1. The first-order valence-corrected chi connectivity index (χ1v) is 7.35. The molecule has 20 heavy (non-hydrogen) atoms. The second kappa shape index (κ2) is 5.68. The molecule has 0 aromatic heterocycles. The molecule has 0 radical (unpaired) electrons. The molecule has 104 valence electrons. The predicted octanol–water partition coefficient (Wildman–Crippen LogP) is 3.74. The largest absolute Gasteiger partial charge is 0.399 e. The monoisotopic (exact) mass is 266 g/mol. The lowest BCUT2D eigenvalue weighted by atomic mass is 10.1. The summed E-state index contributed by atoms with van der Waals surface area (Å²) >= 11 is 0. The summed E-state index contributed by atoms with van der Waals surface area (Å²) in [6.07, 6.45) is 2.66. The van der Waals surface area contributed by atoms with Crippen LogP contribution >= 0.6 is 0 Å². The van der Waals surface area contributed by atoms with Gasteiger partial charge in [0.05, 0.1) is 0 Å². The summed E-state index contributed by atoms with van der Waals surface area (Å²) < 4.78 is 0. The Hall–Kier alpha value is -1.80. The Morgan fingerprint density at radius 2 is 1.85 bits per heavy atom. The summed E-state index contributed by atoms with van der Waals surface area (Å²) in [4.78, 5) is 2.58. The summed E-state index contributed by atoms with van der Waals surface area (Å²) in [6, 6.07) is 17.7. The number of hydrogen-bond acceptors (Lipinski definition) is 2. The van der Waals surface area contributed by atoms with Crippen LogP contribution in [0.15, 0.2) is 48.5 Å². The Morgan fingerprint density at radius 1 is 1.05 bits per heavy atom. The Bertz CT molecular complexity index is 587. The Kier molecular flexibility index (Phi) is 3.75. The van der Waals surface area contributed by atoms with Crippen LogP contribution in [-0.2, 0) is 13.1 Å². The van der Waals surface area contributed by atoms with Gasteiger partial charge >= 0.3 is 0 Å². The Labute approximate surface area is 121 Å². The fourth-order valence-corrected chi connectivity index (χ4v) is 2.69. The van der Waals surface area contributed by atoms with Crippen molar-refractivity contribution in [1.82, 2.24) is 4.90 Å². The minimum absolute atomic E-state index is 0.746. The highest BCUT2D eigenvalue weighted by molar-refractivity contribution is 5.40. The van der Waals surface area contributed by atoms with Crippen molar-refractivity contribution < 1.29 is 0 Å². The third-order valence-corrected chi connectivity index (χ3v) is 4.03. The SMILES string of the molecule is Cc1ccccc1CN(Cc1cccc(N)c1)C1CC1. The zero-order valence-corrected chi connectivity index (χ0v) is 12.0. The maximum Gasteiger partial charge on any atom is 0.0317 e. The van der Waals surface area contributed by atoms with Crippen LogP contribution in [0.1, 0.15) is 29.5 Å². The summed E-state index contributed by atoms with van der Waals surface area (Å²) in [5.41, 5.74) is 10.9. The Balaban J connectivity index is 1.75. The molecular weight excluding hydrogens is 244 g/mol. The van der Waals surface area contributed by atoms with Crippen molar-refractivity contribution in [3.63, 3.8) is 0 Å². The number of rotatable bonds is 5. The van der Waals surface area contributed by atoms with E-state index < -0.39 is 0 Å². The molecule has 2 aromatic rings. The number of nitrogen functional groups attached to an aromatic ring is 1. The van der Waals surface area contributed by atoms with Crippen LogP contribution in [0.3, 0.4) is 0 Å². The van der Waals surface area contributed by atoms with Gasteiger partial charge in [0.1, 0.15) is 0 Å². The second-order valence-electron chi connectivity index (χ2n) is 5.81. The molecule has 0 saturated heterocycles. The summed E-state index contributed by atoms with van der Waals surface area (Å²) in [7, 11) is 0. The van der Waals surface area contributed by atoms with Gasteiger partial charge in [-0.05, 0) is 48.6 Å². The number of anilines is 1. The molecule has 0 unspecified atom stereocenters. The average Bonchev–Trinajstić information content (AvgIpc) is 3.25. The fraction of sp³-hybridized carbons (Fsp3) is 0.333. The van der Waals surface area contributed by atoms with Crippen LogP contribution in [0.25, 0.3) is 0 Å². The molecule has 0 atom stereocenters. The topological polar surface area (TPSA) is 29.3 Å². The van der Waals surface area contributed by atoms with Crippen LogP contribution in [-0.4, -0.2) is 10.9 Å². The molecule has 2 aromatic carbocycles. The van der Waals surface area contributed by atoms with Crippen molar-refractivity contribution in [2.75, 3.05) is 5.73 Å². The number of aryl methyl sites for hydroxylation is 1. The molecule has 2 heteroatoms. The smallest absolute Gasteiger partial charge is 0.0317 e. The highest BCUT2D eigenvalue weighted by Gasteiger charge is 2.29. The summed E-state index contributed by atoms with van der Waals surface area (Å²) in [6.45, 7) is 4.22. The maximum absolute atomic E-state index is 5.88. The van der Waals surface area contributed by atoms with E-state index in [0.29, 0.717) is 0 Å². The third kappa shape index (κ3) is 3.20. The first-order valence-electron chi connectivity index (χ1n) is 7.35. The maximum atomic E-state index is 5.88. The normalized spacial score (nSPS) is 14.7. The number of benzene rings is 2. The van der Waals surface area contributed by atoms with E-state index in [4.69, 9.17) is 5.73 Å². The van der Waals surface area contributed by atoms with Gasteiger partial charge in [0.15, 0.2) is 0 Å². The van der Waals surface area contributed by atoms with Gasteiger partial charge in [-0.2, -0.15) is 0 Å². The van der Waals surface area contributed by atoms with Gasteiger partial charge in [0.25, 0.3) is 0 Å². The standard InChI is InChI=1S/C18H22N2/c1-14-5-2-3-7-16(14)13-20(18-9-10-18)12-15-6-4-8-17(19)11-15/h2-8,11,18H,9-10,12-13,19H2,1H3. The highest BCUT2D eigenvalue weighted by atomic mass is 15.2. The molecule has 3 rings (SSSR count). The third-order valence-electron chi connectivity index (χ3n) is 4.03. The fourth-order valence-electron chi connectivity index (χ4n) is 2.69. The van der Waals surface area contributed by atoms with Crippen molar-refractivity contribution in [3.8, 4) is 0 Å². The number of hydrogen-bond donors (Lipinski definition) is 1. The minimum Gasteiger partial charge on any atom is -0.399 e. The minimum atomic E-state index is 0.746. The van der Waals surface area contributed by atoms with Gasteiger partial charge < -0.3 is 5.73 Å². The van der Waals surface area contributed by atoms with Gasteiger partial charge in [0.2, 0.25) is 0 Å². The van der Waals surface area contributed by atoms with Crippen molar-refractivity contribution >= 4 is 5.69 Å². The van der Waals surface area contributed by atoms with E-state index in [-0.39, 0.29) is 0 Å². The van der Waals surface area contributed by atoms with Crippen LogP contribution in [0, 0.1) is 6.92 Å². The molecule has 2 nitrogen and oxygen atoms in total. The van der Waals surface area contributed by atoms with Gasteiger partial charge in [-0.1, -0.05) is 36.4 Å². The molecule has 1 saturated carbocycles. The van der Waals surface area contributed by atoms with Crippen LogP contribution in [0.5, 0.6) is 0 Å². The van der Waals surface area contributed by atoms with Gasteiger partial charge in [0, 0.05) is 24.8 Å². The van der Waals surface area contributed by atoms with E-state index >= 15 is 0 Å². The van der Waals surface area contributed by atoms with E-state index in [0.717, 1.165) is 24.8 Å². The quantitative estimate of drug-likeness (QED) is 0.835. The lowest BCUT2D eigenvalue weighted by Crippen LogP contribution is -2.25. The van der Waals surface area contributed by atoms with Crippen molar-refractivity contribution in [1.29, 1.82) is 0 Å². The highest BCUT2D eigenvalue weighted by Crippen LogP contribution is 2.30. The van der Waals surface area contributed by atoms with Crippen molar-refractivity contribution in [2.24, 2.45) is 0 Å². The molecule has 2 N–H and O–H groups in total.